The summed E-state index contributed by atoms with van der Waals surface area (Å²) in [7, 11) is 0. The van der Waals surface area contributed by atoms with Gasteiger partial charge in [0, 0.05) is 23.5 Å². The second-order valence-corrected chi connectivity index (χ2v) is 8.41. The summed E-state index contributed by atoms with van der Waals surface area (Å²) in [5, 5.41) is 3.15. The Labute approximate surface area is 167 Å². The molecule has 1 heterocycles. The van der Waals surface area contributed by atoms with Gasteiger partial charge >= 0.3 is 0 Å². The van der Waals surface area contributed by atoms with E-state index in [-0.39, 0.29) is 5.91 Å². The van der Waals surface area contributed by atoms with Crippen LogP contribution in [0.5, 0.6) is 0 Å². The number of aryl methyl sites for hydroxylation is 2. The fraction of sp³-hybridized carbons (Fsp3) is 0.435. The predicted octanol–water partition coefficient (Wildman–Crippen LogP) is 4.67. The van der Waals surface area contributed by atoms with Crippen LogP contribution in [0.1, 0.15) is 39.9 Å². The summed E-state index contributed by atoms with van der Waals surface area (Å²) >= 11 is 1.82. The number of thioether (sulfide) groups is 1. The highest BCUT2D eigenvalue weighted by Crippen LogP contribution is 2.24. The van der Waals surface area contributed by atoms with Crippen LogP contribution >= 0.6 is 11.8 Å². The van der Waals surface area contributed by atoms with Crippen molar-refractivity contribution in [2.45, 2.75) is 38.1 Å². The van der Waals surface area contributed by atoms with Crippen LogP contribution < -0.4 is 5.32 Å². The molecule has 1 aliphatic heterocycles. The third kappa shape index (κ3) is 5.36. The Kier molecular flexibility index (Phi) is 6.97. The minimum atomic E-state index is 0.0591. The first kappa shape index (κ1) is 20.0. The fourth-order valence-electron chi connectivity index (χ4n) is 3.82. The third-order valence-corrected chi connectivity index (χ3v) is 6.31. The monoisotopic (exact) mass is 382 g/mol. The number of benzene rings is 2. The Morgan fingerprint density at radius 2 is 1.89 bits per heavy atom. The molecule has 1 fully saturated rings. The minimum absolute atomic E-state index is 0.0591. The highest BCUT2D eigenvalue weighted by Gasteiger charge is 2.21. The number of rotatable bonds is 6. The molecule has 1 N–H and O–H groups in total. The summed E-state index contributed by atoms with van der Waals surface area (Å²) in [6, 6.07) is 14.7. The first-order chi connectivity index (χ1) is 13.1. The summed E-state index contributed by atoms with van der Waals surface area (Å²) in [5.41, 5.74) is 4.47. The number of likely N-dealkylation sites (tertiary alicyclic amines) is 1. The summed E-state index contributed by atoms with van der Waals surface area (Å²) in [5.74, 6) is 0.635. The van der Waals surface area contributed by atoms with Crippen molar-refractivity contribution < 1.29 is 4.79 Å². The van der Waals surface area contributed by atoms with Crippen LogP contribution in [-0.4, -0.2) is 36.7 Å². The molecule has 1 amide bonds. The van der Waals surface area contributed by atoms with Gasteiger partial charge in [-0.3, -0.25) is 9.69 Å². The highest BCUT2D eigenvalue weighted by atomic mass is 32.2. The molecule has 27 heavy (non-hydrogen) atoms. The third-order valence-electron chi connectivity index (χ3n) is 5.47. The maximum absolute atomic E-state index is 12.5. The van der Waals surface area contributed by atoms with Gasteiger partial charge in [0.1, 0.15) is 0 Å². The van der Waals surface area contributed by atoms with E-state index in [9.17, 15) is 4.79 Å². The molecule has 0 bridgehead atoms. The van der Waals surface area contributed by atoms with E-state index in [2.05, 4.69) is 53.7 Å². The lowest BCUT2D eigenvalue weighted by atomic mass is 9.96. The fourth-order valence-corrected chi connectivity index (χ4v) is 4.43. The summed E-state index contributed by atoms with van der Waals surface area (Å²) < 4.78 is 0. The lowest BCUT2D eigenvalue weighted by molar-refractivity contribution is 0.0934. The second kappa shape index (κ2) is 9.43. The van der Waals surface area contributed by atoms with Crippen LogP contribution in [0.2, 0.25) is 0 Å². The van der Waals surface area contributed by atoms with Crippen molar-refractivity contribution in [3.63, 3.8) is 0 Å². The molecule has 144 valence electrons. The number of nitrogens with zero attached hydrogens (tertiary/aromatic N) is 1. The van der Waals surface area contributed by atoms with E-state index in [1.807, 2.05) is 30.8 Å². The molecule has 2 aromatic carbocycles. The molecule has 0 spiro atoms. The SMILES string of the molecule is CSc1ccccc1CN1CCC(CNC(=O)c2ccc(C)cc2C)CC1. The molecule has 0 atom stereocenters. The Hall–Kier alpha value is -1.78. The summed E-state index contributed by atoms with van der Waals surface area (Å²) in [6.45, 7) is 8.08. The Bertz CT molecular complexity index is 782. The van der Waals surface area contributed by atoms with Gasteiger partial charge in [-0.1, -0.05) is 35.9 Å². The second-order valence-electron chi connectivity index (χ2n) is 7.56. The van der Waals surface area contributed by atoms with Crippen molar-refractivity contribution in [1.82, 2.24) is 10.2 Å². The van der Waals surface area contributed by atoms with E-state index in [1.54, 1.807) is 0 Å². The number of piperidine rings is 1. The topological polar surface area (TPSA) is 32.3 Å². The molecule has 0 unspecified atom stereocenters. The van der Waals surface area contributed by atoms with Crippen molar-refractivity contribution in [3.8, 4) is 0 Å². The van der Waals surface area contributed by atoms with E-state index in [0.29, 0.717) is 5.92 Å². The predicted molar refractivity (Wildman–Crippen MR) is 114 cm³/mol. The Morgan fingerprint density at radius 1 is 1.15 bits per heavy atom. The van der Waals surface area contributed by atoms with Crippen molar-refractivity contribution >= 4 is 17.7 Å². The van der Waals surface area contributed by atoms with E-state index in [1.165, 1.54) is 16.0 Å². The van der Waals surface area contributed by atoms with Crippen LogP contribution in [0.15, 0.2) is 47.4 Å². The summed E-state index contributed by atoms with van der Waals surface area (Å²) in [6.07, 6.45) is 4.44. The molecule has 3 nitrogen and oxygen atoms in total. The van der Waals surface area contributed by atoms with Crippen LogP contribution in [0.3, 0.4) is 0 Å². The molecule has 4 heteroatoms. The van der Waals surface area contributed by atoms with E-state index in [0.717, 1.165) is 50.1 Å². The van der Waals surface area contributed by atoms with Gasteiger partial charge < -0.3 is 5.32 Å². The normalized spacial score (nSPS) is 15.7. The zero-order valence-electron chi connectivity index (χ0n) is 16.6. The molecule has 1 aliphatic rings. The van der Waals surface area contributed by atoms with Gasteiger partial charge in [-0.05, 0) is 75.2 Å². The average molecular weight is 383 g/mol. The zero-order valence-corrected chi connectivity index (χ0v) is 17.4. The molecule has 3 rings (SSSR count). The highest BCUT2D eigenvalue weighted by molar-refractivity contribution is 7.98. The van der Waals surface area contributed by atoms with Crippen molar-refractivity contribution in [2.75, 3.05) is 25.9 Å². The first-order valence-electron chi connectivity index (χ1n) is 9.76. The van der Waals surface area contributed by atoms with Gasteiger partial charge in [-0.2, -0.15) is 0 Å². The van der Waals surface area contributed by atoms with Crippen LogP contribution in [0.25, 0.3) is 0 Å². The molecule has 0 aliphatic carbocycles. The van der Waals surface area contributed by atoms with Crippen LogP contribution in [0, 0.1) is 19.8 Å². The molecular formula is C23H30N2OS. The van der Waals surface area contributed by atoms with Gasteiger partial charge in [-0.25, -0.2) is 0 Å². The van der Waals surface area contributed by atoms with Crippen LogP contribution in [0.4, 0.5) is 0 Å². The average Bonchev–Trinajstić information content (AvgIpc) is 2.67. The maximum Gasteiger partial charge on any atom is 0.251 e. The Morgan fingerprint density at radius 3 is 2.59 bits per heavy atom. The van der Waals surface area contributed by atoms with Crippen molar-refractivity contribution in [3.05, 3.63) is 64.7 Å². The van der Waals surface area contributed by atoms with Crippen molar-refractivity contribution in [2.24, 2.45) is 5.92 Å². The van der Waals surface area contributed by atoms with Crippen LogP contribution in [-0.2, 0) is 6.54 Å². The molecule has 0 saturated carbocycles. The van der Waals surface area contributed by atoms with Gasteiger partial charge in [0.25, 0.3) is 5.91 Å². The number of nitrogens with one attached hydrogen (secondary N) is 1. The lowest BCUT2D eigenvalue weighted by Crippen LogP contribution is -2.38. The first-order valence-corrected chi connectivity index (χ1v) is 11.0. The minimum Gasteiger partial charge on any atom is -0.352 e. The number of hydrogen-bond donors (Lipinski definition) is 1. The van der Waals surface area contributed by atoms with Gasteiger partial charge in [0.05, 0.1) is 0 Å². The van der Waals surface area contributed by atoms with E-state index < -0.39 is 0 Å². The number of carbonyl (C=O) groups excluding carboxylic acids is 1. The molecule has 2 aromatic rings. The maximum atomic E-state index is 12.5. The van der Waals surface area contributed by atoms with Gasteiger partial charge in [-0.15, -0.1) is 11.8 Å². The molecule has 1 saturated heterocycles. The van der Waals surface area contributed by atoms with E-state index in [4.69, 9.17) is 0 Å². The van der Waals surface area contributed by atoms with Crippen molar-refractivity contribution in [1.29, 1.82) is 0 Å². The Balaban J connectivity index is 1.46. The number of amides is 1. The lowest BCUT2D eigenvalue weighted by Gasteiger charge is -2.32. The molecule has 0 radical (unpaired) electrons. The number of hydrogen-bond acceptors (Lipinski definition) is 3. The van der Waals surface area contributed by atoms with Gasteiger partial charge in [0.15, 0.2) is 0 Å². The zero-order chi connectivity index (χ0) is 19.2. The molecular weight excluding hydrogens is 352 g/mol. The van der Waals surface area contributed by atoms with E-state index >= 15 is 0 Å². The largest absolute Gasteiger partial charge is 0.352 e. The smallest absolute Gasteiger partial charge is 0.251 e. The summed E-state index contributed by atoms with van der Waals surface area (Å²) in [4.78, 5) is 16.4. The van der Waals surface area contributed by atoms with Gasteiger partial charge in [0.2, 0.25) is 0 Å². The number of carbonyl (C=O) groups is 1. The quantitative estimate of drug-likeness (QED) is 0.737. The molecule has 0 aromatic heterocycles. The standard InChI is InChI=1S/C23H30N2OS/c1-17-8-9-21(18(2)14-17)23(26)24-15-19-10-12-25(13-11-19)16-20-6-4-5-7-22(20)27-3/h4-9,14,19H,10-13,15-16H2,1-3H3,(H,24,26).